The van der Waals surface area contributed by atoms with Crippen LogP contribution >= 0.6 is 0 Å². The van der Waals surface area contributed by atoms with Gasteiger partial charge >= 0.3 is 0 Å². The van der Waals surface area contributed by atoms with Crippen LogP contribution in [0.25, 0.3) is 0 Å². The Balaban J connectivity index is 2.32. The van der Waals surface area contributed by atoms with Crippen molar-refractivity contribution < 1.29 is 4.74 Å². The van der Waals surface area contributed by atoms with Crippen LogP contribution in [0, 0.1) is 5.92 Å². The van der Waals surface area contributed by atoms with Gasteiger partial charge in [0.15, 0.2) is 0 Å². The standard InChI is InChI=1S/C11H24N2O/c1-9(8-14-2)13-11-6-4-3-5-10(11)7-12/h9-11,13H,3-8,12H2,1-2H3. The predicted molar refractivity (Wildman–Crippen MR) is 59.3 cm³/mol. The lowest BCUT2D eigenvalue weighted by atomic mass is 9.84. The molecule has 0 spiro atoms. The van der Waals surface area contributed by atoms with Gasteiger partial charge in [0.2, 0.25) is 0 Å². The summed E-state index contributed by atoms with van der Waals surface area (Å²) in [5.74, 6) is 0.669. The second-order valence-corrected chi connectivity index (χ2v) is 4.41. The molecule has 1 aliphatic carbocycles. The second kappa shape index (κ2) is 6.38. The van der Waals surface area contributed by atoms with E-state index in [9.17, 15) is 0 Å². The molecule has 0 aliphatic heterocycles. The second-order valence-electron chi connectivity index (χ2n) is 4.41. The van der Waals surface area contributed by atoms with Crippen LogP contribution in [-0.4, -0.2) is 32.3 Å². The Bertz CT molecular complexity index is 152. The molecule has 0 saturated heterocycles. The first-order valence-electron chi connectivity index (χ1n) is 5.73. The number of ether oxygens (including phenoxy) is 1. The summed E-state index contributed by atoms with van der Waals surface area (Å²) in [5, 5.41) is 3.62. The quantitative estimate of drug-likeness (QED) is 0.699. The topological polar surface area (TPSA) is 47.3 Å². The van der Waals surface area contributed by atoms with Crippen LogP contribution in [-0.2, 0) is 4.74 Å². The molecular weight excluding hydrogens is 176 g/mol. The van der Waals surface area contributed by atoms with Crippen LogP contribution in [0.4, 0.5) is 0 Å². The first-order chi connectivity index (χ1) is 6.77. The summed E-state index contributed by atoms with van der Waals surface area (Å²) in [7, 11) is 1.75. The van der Waals surface area contributed by atoms with E-state index in [1.165, 1.54) is 25.7 Å². The summed E-state index contributed by atoms with van der Waals surface area (Å²) in [6.07, 6.45) is 5.25. The molecule has 3 unspecified atom stereocenters. The summed E-state index contributed by atoms with van der Waals surface area (Å²) in [4.78, 5) is 0. The zero-order valence-electron chi connectivity index (χ0n) is 9.46. The Morgan fingerprint density at radius 3 is 2.79 bits per heavy atom. The van der Waals surface area contributed by atoms with Crippen molar-refractivity contribution in [2.45, 2.75) is 44.7 Å². The summed E-state index contributed by atoms with van der Waals surface area (Å²) in [6, 6.07) is 1.05. The fourth-order valence-corrected chi connectivity index (χ4v) is 2.37. The fraction of sp³-hybridized carbons (Fsp3) is 1.00. The van der Waals surface area contributed by atoms with Crippen molar-refractivity contribution in [1.82, 2.24) is 5.32 Å². The van der Waals surface area contributed by atoms with Crippen LogP contribution in [0.3, 0.4) is 0 Å². The molecule has 1 saturated carbocycles. The third kappa shape index (κ3) is 3.56. The maximum Gasteiger partial charge on any atom is 0.0613 e. The van der Waals surface area contributed by atoms with E-state index in [0.29, 0.717) is 18.0 Å². The van der Waals surface area contributed by atoms with Crippen molar-refractivity contribution in [3.05, 3.63) is 0 Å². The van der Waals surface area contributed by atoms with Crippen LogP contribution in [0.15, 0.2) is 0 Å². The molecule has 3 N–H and O–H groups in total. The molecule has 3 atom stereocenters. The summed E-state index contributed by atoms with van der Waals surface area (Å²) in [5.41, 5.74) is 5.77. The first-order valence-corrected chi connectivity index (χ1v) is 5.73. The first kappa shape index (κ1) is 12.0. The molecule has 1 fully saturated rings. The molecule has 0 radical (unpaired) electrons. The smallest absolute Gasteiger partial charge is 0.0613 e. The normalized spacial score (nSPS) is 30.2. The van der Waals surface area contributed by atoms with E-state index in [-0.39, 0.29) is 0 Å². The Labute approximate surface area is 87.4 Å². The molecule has 84 valence electrons. The molecule has 0 aromatic carbocycles. The monoisotopic (exact) mass is 200 g/mol. The number of hydrogen-bond donors (Lipinski definition) is 2. The molecule has 3 heteroatoms. The lowest BCUT2D eigenvalue weighted by molar-refractivity contribution is 0.151. The SMILES string of the molecule is COCC(C)NC1CCCCC1CN. The van der Waals surface area contributed by atoms with Crippen molar-refractivity contribution >= 4 is 0 Å². The Hall–Kier alpha value is -0.120. The van der Waals surface area contributed by atoms with Gasteiger partial charge in [0, 0.05) is 19.2 Å². The van der Waals surface area contributed by atoms with E-state index in [1.807, 2.05) is 0 Å². The highest BCUT2D eigenvalue weighted by Gasteiger charge is 2.24. The van der Waals surface area contributed by atoms with E-state index >= 15 is 0 Å². The highest BCUT2D eigenvalue weighted by atomic mass is 16.5. The lowest BCUT2D eigenvalue weighted by Crippen LogP contribution is -2.47. The van der Waals surface area contributed by atoms with Gasteiger partial charge in [0.25, 0.3) is 0 Å². The van der Waals surface area contributed by atoms with E-state index in [1.54, 1.807) is 7.11 Å². The zero-order valence-corrected chi connectivity index (χ0v) is 9.46. The molecule has 0 heterocycles. The number of rotatable bonds is 5. The van der Waals surface area contributed by atoms with Gasteiger partial charge in [0.05, 0.1) is 6.61 Å². The Morgan fingerprint density at radius 1 is 1.43 bits per heavy atom. The van der Waals surface area contributed by atoms with Crippen molar-refractivity contribution in [1.29, 1.82) is 0 Å². The van der Waals surface area contributed by atoms with Crippen LogP contribution in [0.1, 0.15) is 32.6 Å². The fourth-order valence-electron chi connectivity index (χ4n) is 2.37. The van der Waals surface area contributed by atoms with Gasteiger partial charge in [-0.2, -0.15) is 0 Å². The molecule has 0 aromatic heterocycles. The molecule has 1 aliphatic rings. The number of methoxy groups -OCH3 is 1. The van der Waals surface area contributed by atoms with Crippen LogP contribution in [0.2, 0.25) is 0 Å². The zero-order chi connectivity index (χ0) is 10.4. The van der Waals surface area contributed by atoms with Crippen molar-refractivity contribution in [3.63, 3.8) is 0 Å². The summed E-state index contributed by atoms with van der Waals surface area (Å²) < 4.78 is 5.12. The summed E-state index contributed by atoms with van der Waals surface area (Å²) in [6.45, 7) is 3.77. The molecule has 1 rings (SSSR count). The van der Waals surface area contributed by atoms with Crippen molar-refractivity contribution in [3.8, 4) is 0 Å². The van der Waals surface area contributed by atoms with Gasteiger partial charge in [-0.3, -0.25) is 0 Å². The van der Waals surface area contributed by atoms with Gasteiger partial charge in [-0.1, -0.05) is 12.8 Å². The van der Waals surface area contributed by atoms with Gasteiger partial charge in [-0.05, 0) is 32.2 Å². The molecule has 0 aromatic rings. The van der Waals surface area contributed by atoms with E-state index in [2.05, 4.69) is 12.2 Å². The molecule has 0 amide bonds. The Morgan fingerprint density at radius 2 is 2.14 bits per heavy atom. The molecule has 14 heavy (non-hydrogen) atoms. The highest BCUT2D eigenvalue weighted by molar-refractivity contribution is 4.83. The maximum absolute atomic E-state index is 5.77. The number of hydrogen-bond acceptors (Lipinski definition) is 3. The van der Waals surface area contributed by atoms with Crippen molar-refractivity contribution in [2.75, 3.05) is 20.3 Å². The predicted octanol–water partition coefficient (Wildman–Crippen LogP) is 1.13. The van der Waals surface area contributed by atoms with Gasteiger partial charge < -0.3 is 15.8 Å². The average molecular weight is 200 g/mol. The third-order valence-corrected chi connectivity index (χ3v) is 3.13. The largest absolute Gasteiger partial charge is 0.383 e. The minimum absolute atomic E-state index is 0.442. The Kier molecular flexibility index (Phi) is 5.45. The van der Waals surface area contributed by atoms with E-state index in [0.717, 1.165) is 13.2 Å². The third-order valence-electron chi connectivity index (χ3n) is 3.13. The number of nitrogens with two attached hydrogens (primary N) is 1. The summed E-state index contributed by atoms with van der Waals surface area (Å²) >= 11 is 0. The van der Waals surface area contributed by atoms with Gasteiger partial charge in [-0.25, -0.2) is 0 Å². The minimum Gasteiger partial charge on any atom is -0.383 e. The van der Waals surface area contributed by atoms with E-state index in [4.69, 9.17) is 10.5 Å². The van der Waals surface area contributed by atoms with Crippen LogP contribution in [0.5, 0.6) is 0 Å². The van der Waals surface area contributed by atoms with Crippen molar-refractivity contribution in [2.24, 2.45) is 11.7 Å². The molecule has 3 nitrogen and oxygen atoms in total. The highest BCUT2D eigenvalue weighted by Crippen LogP contribution is 2.23. The number of nitrogens with one attached hydrogen (secondary N) is 1. The molecule has 0 bridgehead atoms. The maximum atomic E-state index is 5.77. The van der Waals surface area contributed by atoms with Crippen LogP contribution < -0.4 is 11.1 Å². The van der Waals surface area contributed by atoms with E-state index < -0.39 is 0 Å². The lowest BCUT2D eigenvalue weighted by Gasteiger charge is -2.33. The average Bonchev–Trinajstić information content (AvgIpc) is 2.19. The van der Waals surface area contributed by atoms with Gasteiger partial charge in [0.1, 0.15) is 0 Å². The molecular formula is C11H24N2O. The minimum atomic E-state index is 0.442. The van der Waals surface area contributed by atoms with Gasteiger partial charge in [-0.15, -0.1) is 0 Å².